The van der Waals surface area contributed by atoms with E-state index in [1.54, 1.807) is 0 Å². The SMILES string of the molecule is CCOC(=O)C(C)C(C)NC(C)C1CCC1. The Labute approximate surface area is 98.9 Å². The van der Waals surface area contributed by atoms with Crippen LogP contribution in [0.4, 0.5) is 0 Å². The van der Waals surface area contributed by atoms with Crippen LogP contribution in [0.5, 0.6) is 0 Å². The monoisotopic (exact) mass is 227 g/mol. The molecule has 3 unspecified atom stereocenters. The number of carbonyl (C=O) groups is 1. The number of rotatable bonds is 6. The molecule has 0 aromatic rings. The molecule has 0 bridgehead atoms. The molecule has 0 heterocycles. The maximum Gasteiger partial charge on any atom is 0.310 e. The highest BCUT2D eigenvalue weighted by Gasteiger charge is 2.28. The summed E-state index contributed by atoms with van der Waals surface area (Å²) in [5.74, 6) is 0.641. The highest BCUT2D eigenvalue weighted by atomic mass is 16.5. The van der Waals surface area contributed by atoms with Crippen LogP contribution in [0.25, 0.3) is 0 Å². The van der Waals surface area contributed by atoms with Crippen molar-refractivity contribution in [1.82, 2.24) is 5.32 Å². The molecule has 0 radical (unpaired) electrons. The van der Waals surface area contributed by atoms with Crippen LogP contribution < -0.4 is 5.32 Å². The van der Waals surface area contributed by atoms with Crippen LogP contribution in [-0.4, -0.2) is 24.7 Å². The number of hydrogen-bond donors (Lipinski definition) is 1. The van der Waals surface area contributed by atoms with Crippen molar-refractivity contribution in [2.75, 3.05) is 6.61 Å². The Kier molecular flexibility index (Phi) is 5.26. The predicted molar refractivity (Wildman–Crippen MR) is 65.2 cm³/mol. The fraction of sp³-hybridized carbons (Fsp3) is 0.923. The molecule has 1 aliphatic rings. The second kappa shape index (κ2) is 6.24. The molecule has 1 saturated carbocycles. The van der Waals surface area contributed by atoms with Gasteiger partial charge in [-0.05, 0) is 39.5 Å². The average molecular weight is 227 g/mol. The smallest absolute Gasteiger partial charge is 0.310 e. The molecule has 0 spiro atoms. The van der Waals surface area contributed by atoms with Crippen molar-refractivity contribution in [2.24, 2.45) is 11.8 Å². The van der Waals surface area contributed by atoms with Crippen molar-refractivity contribution in [3.05, 3.63) is 0 Å². The van der Waals surface area contributed by atoms with Gasteiger partial charge in [0, 0.05) is 12.1 Å². The van der Waals surface area contributed by atoms with E-state index in [4.69, 9.17) is 4.74 Å². The Morgan fingerprint density at radius 2 is 2.00 bits per heavy atom. The Balaban J connectivity index is 2.31. The van der Waals surface area contributed by atoms with E-state index in [1.807, 2.05) is 13.8 Å². The van der Waals surface area contributed by atoms with E-state index in [-0.39, 0.29) is 17.9 Å². The van der Waals surface area contributed by atoms with Crippen LogP contribution in [0, 0.1) is 11.8 Å². The first-order valence-corrected chi connectivity index (χ1v) is 6.49. The van der Waals surface area contributed by atoms with Crippen molar-refractivity contribution >= 4 is 5.97 Å². The topological polar surface area (TPSA) is 38.3 Å². The van der Waals surface area contributed by atoms with Crippen molar-refractivity contribution in [1.29, 1.82) is 0 Å². The van der Waals surface area contributed by atoms with Gasteiger partial charge in [-0.1, -0.05) is 13.3 Å². The van der Waals surface area contributed by atoms with Gasteiger partial charge in [-0.2, -0.15) is 0 Å². The zero-order valence-corrected chi connectivity index (χ0v) is 11.0. The molecular formula is C13H25NO2. The van der Waals surface area contributed by atoms with Gasteiger partial charge in [0.15, 0.2) is 0 Å². The van der Waals surface area contributed by atoms with Gasteiger partial charge in [-0.25, -0.2) is 0 Å². The molecule has 1 fully saturated rings. The van der Waals surface area contributed by atoms with E-state index in [1.165, 1.54) is 19.3 Å². The van der Waals surface area contributed by atoms with Gasteiger partial charge < -0.3 is 10.1 Å². The summed E-state index contributed by atoms with van der Waals surface area (Å²) in [7, 11) is 0. The van der Waals surface area contributed by atoms with Gasteiger partial charge in [-0.15, -0.1) is 0 Å². The molecule has 94 valence electrons. The standard InChI is InChI=1S/C13H25NO2/c1-5-16-13(15)9(2)10(3)14-11(4)12-7-6-8-12/h9-12,14H,5-8H2,1-4H3. The molecular weight excluding hydrogens is 202 g/mol. The Hall–Kier alpha value is -0.570. The summed E-state index contributed by atoms with van der Waals surface area (Å²) >= 11 is 0. The zero-order valence-electron chi connectivity index (χ0n) is 11.0. The lowest BCUT2D eigenvalue weighted by Crippen LogP contribution is -2.46. The first-order chi connectivity index (χ1) is 7.56. The summed E-state index contributed by atoms with van der Waals surface area (Å²) in [6, 6.07) is 0.704. The van der Waals surface area contributed by atoms with Crippen LogP contribution in [-0.2, 0) is 9.53 Å². The molecule has 0 aromatic carbocycles. The maximum atomic E-state index is 11.6. The van der Waals surface area contributed by atoms with Crippen LogP contribution >= 0.6 is 0 Å². The molecule has 0 aromatic heterocycles. The summed E-state index contributed by atoms with van der Waals surface area (Å²) in [6.45, 7) is 8.53. The van der Waals surface area contributed by atoms with Crippen molar-refractivity contribution < 1.29 is 9.53 Å². The van der Waals surface area contributed by atoms with E-state index in [0.717, 1.165) is 5.92 Å². The molecule has 1 aliphatic carbocycles. The predicted octanol–water partition coefficient (Wildman–Crippen LogP) is 2.35. The molecule has 0 aliphatic heterocycles. The van der Waals surface area contributed by atoms with E-state index < -0.39 is 0 Å². The molecule has 3 atom stereocenters. The summed E-state index contributed by atoms with van der Waals surface area (Å²) in [5.41, 5.74) is 0. The molecule has 0 saturated heterocycles. The van der Waals surface area contributed by atoms with E-state index in [2.05, 4.69) is 19.2 Å². The third kappa shape index (κ3) is 3.48. The van der Waals surface area contributed by atoms with Crippen LogP contribution in [0.2, 0.25) is 0 Å². The van der Waals surface area contributed by atoms with Crippen LogP contribution in [0.3, 0.4) is 0 Å². The summed E-state index contributed by atoms with van der Waals surface area (Å²) in [4.78, 5) is 11.6. The highest BCUT2D eigenvalue weighted by Crippen LogP contribution is 2.29. The minimum atomic E-state index is -0.0942. The lowest BCUT2D eigenvalue weighted by atomic mass is 9.80. The maximum absolute atomic E-state index is 11.6. The molecule has 16 heavy (non-hydrogen) atoms. The Bertz CT molecular complexity index is 226. The second-order valence-electron chi connectivity index (χ2n) is 4.98. The normalized spacial score (nSPS) is 22.0. The molecule has 0 amide bonds. The number of ether oxygens (including phenoxy) is 1. The quantitative estimate of drug-likeness (QED) is 0.708. The average Bonchev–Trinajstić information content (AvgIpc) is 2.13. The summed E-state index contributed by atoms with van der Waals surface area (Å²) in [5, 5.41) is 3.52. The van der Waals surface area contributed by atoms with Gasteiger partial charge >= 0.3 is 5.97 Å². The number of nitrogens with one attached hydrogen (secondary N) is 1. The summed E-state index contributed by atoms with van der Waals surface area (Å²) < 4.78 is 5.03. The Morgan fingerprint density at radius 1 is 1.38 bits per heavy atom. The zero-order chi connectivity index (χ0) is 12.1. The number of carbonyl (C=O) groups excluding carboxylic acids is 1. The van der Waals surface area contributed by atoms with E-state index in [9.17, 15) is 4.79 Å². The molecule has 3 nitrogen and oxygen atoms in total. The minimum absolute atomic E-state index is 0.0672. The fourth-order valence-corrected chi connectivity index (χ4v) is 2.11. The molecule has 3 heteroatoms. The van der Waals surface area contributed by atoms with Crippen molar-refractivity contribution in [3.63, 3.8) is 0 Å². The lowest BCUT2D eigenvalue weighted by molar-refractivity contribution is -0.148. The van der Waals surface area contributed by atoms with Crippen LogP contribution in [0.1, 0.15) is 47.0 Å². The highest BCUT2D eigenvalue weighted by molar-refractivity contribution is 5.72. The van der Waals surface area contributed by atoms with Gasteiger partial charge in [-0.3, -0.25) is 4.79 Å². The third-order valence-electron chi connectivity index (χ3n) is 3.79. The van der Waals surface area contributed by atoms with E-state index >= 15 is 0 Å². The van der Waals surface area contributed by atoms with Gasteiger partial charge in [0.2, 0.25) is 0 Å². The van der Waals surface area contributed by atoms with Gasteiger partial charge in [0.1, 0.15) is 0 Å². The summed E-state index contributed by atoms with van der Waals surface area (Å²) in [6.07, 6.45) is 4.02. The second-order valence-corrected chi connectivity index (χ2v) is 4.98. The third-order valence-corrected chi connectivity index (χ3v) is 3.79. The lowest BCUT2D eigenvalue weighted by Gasteiger charge is -2.35. The van der Waals surface area contributed by atoms with E-state index in [0.29, 0.717) is 12.6 Å². The van der Waals surface area contributed by atoms with Crippen molar-refractivity contribution in [3.8, 4) is 0 Å². The Morgan fingerprint density at radius 3 is 2.44 bits per heavy atom. The largest absolute Gasteiger partial charge is 0.466 e. The first-order valence-electron chi connectivity index (χ1n) is 6.49. The number of esters is 1. The van der Waals surface area contributed by atoms with Gasteiger partial charge in [0.05, 0.1) is 12.5 Å². The van der Waals surface area contributed by atoms with Crippen molar-refractivity contribution in [2.45, 2.75) is 59.0 Å². The van der Waals surface area contributed by atoms with Crippen LogP contribution in [0.15, 0.2) is 0 Å². The molecule has 1 rings (SSSR count). The first kappa shape index (κ1) is 13.5. The number of hydrogen-bond acceptors (Lipinski definition) is 3. The minimum Gasteiger partial charge on any atom is -0.466 e. The van der Waals surface area contributed by atoms with Gasteiger partial charge in [0.25, 0.3) is 0 Å². The molecule has 1 N–H and O–H groups in total. The fourth-order valence-electron chi connectivity index (χ4n) is 2.11.